The third-order valence-corrected chi connectivity index (χ3v) is 2.60. The van der Waals surface area contributed by atoms with E-state index in [4.69, 9.17) is 0 Å². The van der Waals surface area contributed by atoms with Crippen molar-refractivity contribution >= 4 is 0 Å². The SMILES string of the molecule is CC=C(C)C1=C(C)CCC(C)=C1. The molecule has 0 nitrogen and oxygen atoms in total. The van der Waals surface area contributed by atoms with E-state index in [1.807, 2.05) is 0 Å². The molecule has 1 aliphatic carbocycles. The molecule has 0 aromatic rings. The third-order valence-electron chi connectivity index (χ3n) is 2.60. The number of hydrogen-bond donors (Lipinski definition) is 0. The molecular formula is C12H18. The van der Waals surface area contributed by atoms with Gasteiger partial charge in [-0.1, -0.05) is 23.3 Å². The average Bonchev–Trinajstić information content (AvgIpc) is 2.08. The smallest absolute Gasteiger partial charge is 0.0242 e. The lowest BCUT2D eigenvalue weighted by Gasteiger charge is -2.16. The van der Waals surface area contributed by atoms with Crippen LogP contribution in [0.2, 0.25) is 0 Å². The summed E-state index contributed by atoms with van der Waals surface area (Å²) in [5.74, 6) is 0. The molecule has 0 aromatic heterocycles. The van der Waals surface area contributed by atoms with Crippen molar-refractivity contribution < 1.29 is 0 Å². The van der Waals surface area contributed by atoms with Gasteiger partial charge in [0, 0.05) is 0 Å². The summed E-state index contributed by atoms with van der Waals surface area (Å²) in [4.78, 5) is 0. The molecule has 0 unspecified atom stereocenters. The van der Waals surface area contributed by atoms with Gasteiger partial charge in [0.2, 0.25) is 0 Å². The second-order valence-corrected chi connectivity index (χ2v) is 3.66. The van der Waals surface area contributed by atoms with Gasteiger partial charge in [0.15, 0.2) is 0 Å². The van der Waals surface area contributed by atoms with Crippen LogP contribution in [0.1, 0.15) is 40.5 Å². The summed E-state index contributed by atoms with van der Waals surface area (Å²) in [7, 11) is 0. The van der Waals surface area contributed by atoms with Gasteiger partial charge in [-0.25, -0.2) is 0 Å². The average molecular weight is 162 g/mol. The third kappa shape index (κ3) is 1.88. The predicted octanol–water partition coefficient (Wildman–Crippen LogP) is 4.01. The van der Waals surface area contributed by atoms with E-state index in [-0.39, 0.29) is 0 Å². The molecule has 1 rings (SSSR count). The van der Waals surface area contributed by atoms with E-state index in [1.54, 1.807) is 0 Å². The van der Waals surface area contributed by atoms with E-state index >= 15 is 0 Å². The summed E-state index contributed by atoms with van der Waals surface area (Å²) in [6.07, 6.45) is 7.00. The Morgan fingerprint density at radius 2 is 2.00 bits per heavy atom. The highest BCUT2D eigenvalue weighted by Gasteiger charge is 2.07. The molecular weight excluding hydrogens is 144 g/mol. The fraction of sp³-hybridized carbons (Fsp3) is 0.500. The number of hydrogen-bond acceptors (Lipinski definition) is 0. The second kappa shape index (κ2) is 3.75. The van der Waals surface area contributed by atoms with Crippen LogP contribution in [0.5, 0.6) is 0 Å². The van der Waals surface area contributed by atoms with Crippen LogP contribution in [-0.4, -0.2) is 0 Å². The van der Waals surface area contributed by atoms with Gasteiger partial charge in [-0.05, 0) is 51.7 Å². The molecule has 0 saturated heterocycles. The van der Waals surface area contributed by atoms with Gasteiger partial charge in [0.05, 0.1) is 0 Å². The monoisotopic (exact) mass is 162 g/mol. The summed E-state index contributed by atoms with van der Waals surface area (Å²) in [6.45, 7) is 8.75. The summed E-state index contributed by atoms with van der Waals surface area (Å²) in [5.41, 5.74) is 5.92. The molecule has 0 spiro atoms. The van der Waals surface area contributed by atoms with Crippen LogP contribution in [0.4, 0.5) is 0 Å². The second-order valence-electron chi connectivity index (χ2n) is 3.66. The van der Waals surface area contributed by atoms with E-state index in [9.17, 15) is 0 Å². The molecule has 0 N–H and O–H groups in total. The van der Waals surface area contributed by atoms with Gasteiger partial charge in [-0.15, -0.1) is 0 Å². The topological polar surface area (TPSA) is 0 Å². The van der Waals surface area contributed by atoms with Gasteiger partial charge in [-0.3, -0.25) is 0 Å². The molecule has 0 bridgehead atoms. The number of rotatable bonds is 1. The van der Waals surface area contributed by atoms with Crippen LogP contribution in [0.25, 0.3) is 0 Å². The Bertz CT molecular complexity index is 262. The Balaban J connectivity index is 3.01. The molecule has 0 amide bonds. The molecule has 0 saturated carbocycles. The minimum atomic E-state index is 1.24. The first-order chi connectivity index (χ1) is 5.65. The minimum absolute atomic E-state index is 1.24. The standard InChI is InChI=1S/C12H18/c1-5-10(3)12-8-9(2)6-7-11(12)4/h5,8H,6-7H2,1-4H3. The van der Waals surface area contributed by atoms with Gasteiger partial charge in [0.1, 0.15) is 0 Å². The maximum Gasteiger partial charge on any atom is -0.0242 e. The van der Waals surface area contributed by atoms with E-state index < -0.39 is 0 Å². The van der Waals surface area contributed by atoms with Crippen molar-refractivity contribution in [1.29, 1.82) is 0 Å². The molecule has 0 atom stereocenters. The van der Waals surface area contributed by atoms with Gasteiger partial charge in [0.25, 0.3) is 0 Å². The highest BCUT2D eigenvalue weighted by molar-refractivity contribution is 5.45. The Morgan fingerprint density at radius 1 is 1.33 bits per heavy atom. The van der Waals surface area contributed by atoms with Crippen LogP contribution in [0, 0.1) is 0 Å². The Kier molecular flexibility index (Phi) is 2.91. The van der Waals surface area contributed by atoms with Crippen molar-refractivity contribution in [3.8, 4) is 0 Å². The van der Waals surface area contributed by atoms with Crippen molar-refractivity contribution in [3.05, 3.63) is 34.4 Å². The molecule has 0 heterocycles. The Hall–Kier alpha value is -0.780. The lowest BCUT2D eigenvalue weighted by Crippen LogP contribution is -1.96. The number of allylic oxidation sites excluding steroid dienone is 6. The molecule has 0 fully saturated rings. The summed E-state index contributed by atoms with van der Waals surface area (Å²) in [6, 6.07) is 0. The summed E-state index contributed by atoms with van der Waals surface area (Å²) in [5, 5.41) is 0. The van der Waals surface area contributed by atoms with E-state index in [0.29, 0.717) is 0 Å². The molecule has 12 heavy (non-hydrogen) atoms. The minimum Gasteiger partial charge on any atom is -0.0841 e. The lowest BCUT2D eigenvalue weighted by molar-refractivity contribution is 0.889. The van der Waals surface area contributed by atoms with Crippen molar-refractivity contribution in [2.24, 2.45) is 0 Å². The van der Waals surface area contributed by atoms with Crippen molar-refractivity contribution in [1.82, 2.24) is 0 Å². The zero-order valence-electron chi connectivity index (χ0n) is 8.57. The van der Waals surface area contributed by atoms with E-state index in [2.05, 4.69) is 39.8 Å². The highest BCUT2D eigenvalue weighted by Crippen LogP contribution is 2.27. The predicted molar refractivity (Wildman–Crippen MR) is 55.1 cm³/mol. The lowest BCUT2D eigenvalue weighted by atomic mass is 9.90. The maximum atomic E-state index is 2.33. The largest absolute Gasteiger partial charge is 0.0841 e. The summed E-state index contributed by atoms with van der Waals surface area (Å²) >= 11 is 0. The quantitative estimate of drug-likeness (QED) is 0.546. The first kappa shape index (κ1) is 9.31. The Labute approximate surface area is 75.7 Å². The first-order valence-electron chi connectivity index (χ1n) is 4.65. The van der Waals surface area contributed by atoms with E-state index in [1.165, 1.54) is 35.1 Å². The molecule has 0 radical (unpaired) electrons. The molecule has 1 aliphatic rings. The highest BCUT2D eigenvalue weighted by atomic mass is 14.1. The van der Waals surface area contributed by atoms with Gasteiger partial charge < -0.3 is 0 Å². The fourth-order valence-electron chi connectivity index (χ4n) is 1.57. The fourth-order valence-corrected chi connectivity index (χ4v) is 1.57. The zero-order chi connectivity index (χ0) is 9.14. The van der Waals surface area contributed by atoms with Crippen LogP contribution in [0.15, 0.2) is 34.4 Å². The molecule has 0 aromatic carbocycles. The molecule has 0 aliphatic heterocycles. The normalized spacial score (nSPS) is 19.7. The zero-order valence-corrected chi connectivity index (χ0v) is 8.57. The van der Waals surface area contributed by atoms with E-state index in [0.717, 1.165) is 0 Å². The van der Waals surface area contributed by atoms with Crippen LogP contribution in [-0.2, 0) is 0 Å². The molecule has 66 valence electrons. The maximum absolute atomic E-state index is 2.33. The van der Waals surface area contributed by atoms with Crippen molar-refractivity contribution in [2.45, 2.75) is 40.5 Å². The van der Waals surface area contributed by atoms with Gasteiger partial charge in [-0.2, -0.15) is 0 Å². The summed E-state index contributed by atoms with van der Waals surface area (Å²) < 4.78 is 0. The van der Waals surface area contributed by atoms with Crippen molar-refractivity contribution in [2.75, 3.05) is 0 Å². The first-order valence-corrected chi connectivity index (χ1v) is 4.65. The van der Waals surface area contributed by atoms with Crippen molar-refractivity contribution in [3.63, 3.8) is 0 Å². The van der Waals surface area contributed by atoms with Crippen LogP contribution >= 0.6 is 0 Å². The van der Waals surface area contributed by atoms with Crippen LogP contribution < -0.4 is 0 Å². The van der Waals surface area contributed by atoms with Gasteiger partial charge >= 0.3 is 0 Å². The van der Waals surface area contributed by atoms with Crippen LogP contribution in [0.3, 0.4) is 0 Å². The Morgan fingerprint density at radius 3 is 2.58 bits per heavy atom. The molecule has 0 heteroatoms.